The van der Waals surface area contributed by atoms with Crippen molar-refractivity contribution in [2.45, 2.75) is 39.0 Å². The van der Waals surface area contributed by atoms with Gasteiger partial charge >= 0.3 is 5.97 Å². The Morgan fingerprint density at radius 2 is 1.57 bits per heavy atom. The van der Waals surface area contributed by atoms with Crippen LogP contribution in [0.4, 0.5) is 0 Å². The standard InChI is InChI=1S/C31H32N2O4/c1-23-21-30(32-37-23)31(35)33(19-10-12-25-11-9-17-28(22-25)36-24(2)34)20-18-29(26-13-5-3-6-14-26)27-15-7-4-8-16-27/h3-9,11,13-17,21-22,29H,10,12,18-20H2,1-2H3. The van der Waals surface area contributed by atoms with Gasteiger partial charge in [0.15, 0.2) is 5.69 Å². The number of ether oxygens (including phenoxy) is 1. The van der Waals surface area contributed by atoms with Gasteiger partial charge in [-0.1, -0.05) is 78.0 Å². The maximum Gasteiger partial charge on any atom is 0.308 e. The highest BCUT2D eigenvalue weighted by molar-refractivity contribution is 5.92. The van der Waals surface area contributed by atoms with Crippen LogP contribution in [-0.2, 0) is 11.2 Å². The van der Waals surface area contributed by atoms with Crippen molar-refractivity contribution in [3.05, 3.63) is 119 Å². The normalized spacial score (nSPS) is 10.9. The highest BCUT2D eigenvalue weighted by Gasteiger charge is 2.22. The van der Waals surface area contributed by atoms with Gasteiger partial charge in [-0.3, -0.25) is 9.59 Å². The fourth-order valence-corrected chi connectivity index (χ4v) is 4.53. The molecule has 0 radical (unpaired) electrons. The highest BCUT2D eigenvalue weighted by atomic mass is 16.5. The van der Waals surface area contributed by atoms with Crippen LogP contribution in [0.3, 0.4) is 0 Å². The molecule has 4 aromatic rings. The van der Waals surface area contributed by atoms with Gasteiger partial charge in [-0.2, -0.15) is 0 Å². The second kappa shape index (κ2) is 12.7. The van der Waals surface area contributed by atoms with Crippen molar-refractivity contribution in [2.24, 2.45) is 0 Å². The molecule has 4 rings (SSSR count). The number of hydrogen-bond donors (Lipinski definition) is 0. The third-order valence-corrected chi connectivity index (χ3v) is 6.28. The molecule has 190 valence electrons. The van der Waals surface area contributed by atoms with E-state index in [4.69, 9.17) is 9.26 Å². The Hall–Kier alpha value is -4.19. The molecule has 6 nitrogen and oxygen atoms in total. The molecule has 0 aliphatic carbocycles. The summed E-state index contributed by atoms with van der Waals surface area (Å²) < 4.78 is 10.4. The molecule has 0 fully saturated rings. The van der Waals surface area contributed by atoms with Gasteiger partial charge in [0.05, 0.1) is 0 Å². The molecule has 3 aromatic carbocycles. The van der Waals surface area contributed by atoms with Gasteiger partial charge < -0.3 is 14.2 Å². The third kappa shape index (κ3) is 7.40. The predicted molar refractivity (Wildman–Crippen MR) is 143 cm³/mol. The zero-order chi connectivity index (χ0) is 26.0. The molecular formula is C31H32N2O4. The number of benzene rings is 3. The minimum absolute atomic E-state index is 0.134. The van der Waals surface area contributed by atoms with Crippen LogP contribution in [0.25, 0.3) is 0 Å². The van der Waals surface area contributed by atoms with Crippen LogP contribution in [0.15, 0.2) is 95.5 Å². The van der Waals surface area contributed by atoms with Crippen molar-refractivity contribution in [1.82, 2.24) is 10.1 Å². The SMILES string of the molecule is CC(=O)Oc1cccc(CCCN(CCC(c2ccccc2)c2ccccc2)C(=O)c2cc(C)on2)c1. The molecule has 1 heterocycles. The minimum atomic E-state index is -0.344. The molecule has 0 aliphatic rings. The Labute approximate surface area is 217 Å². The molecule has 0 saturated heterocycles. The number of aryl methyl sites for hydroxylation is 2. The number of carbonyl (C=O) groups is 2. The largest absolute Gasteiger partial charge is 0.427 e. The molecule has 0 atom stereocenters. The second-order valence-corrected chi connectivity index (χ2v) is 9.12. The van der Waals surface area contributed by atoms with E-state index in [2.05, 4.69) is 53.7 Å². The molecule has 0 N–H and O–H groups in total. The summed E-state index contributed by atoms with van der Waals surface area (Å²) in [6, 6.07) is 30.0. The summed E-state index contributed by atoms with van der Waals surface area (Å²) in [6.07, 6.45) is 2.28. The Kier molecular flexibility index (Phi) is 8.87. The molecule has 1 aromatic heterocycles. The zero-order valence-electron chi connectivity index (χ0n) is 21.3. The maximum atomic E-state index is 13.4. The summed E-state index contributed by atoms with van der Waals surface area (Å²) in [7, 11) is 0. The Morgan fingerprint density at radius 1 is 0.892 bits per heavy atom. The van der Waals surface area contributed by atoms with Crippen molar-refractivity contribution in [3.8, 4) is 5.75 Å². The van der Waals surface area contributed by atoms with Crippen LogP contribution in [0, 0.1) is 6.92 Å². The van der Waals surface area contributed by atoms with Crippen LogP contribution < -0.4 is 4.74 Å². The van der Waals surface area contributed by atoms with E-state index in [0.717, 1.165) is 24.8 Å². The average molecular weight is 497 g/mol. The lowest BCUT2D eigenvalue weighted by atomic mass is 9.88. The maximum absolute atomic E-state index is 13.4. The van der Waals surface area contributed by atoms with Crippen molar-refractivity contribution in [3.63, 3.8) is 0 Å². The molecule has 0 spiro atoms. The van der Waals surface area contributed by atoms with Gasteiger partial charge in [0, 0.05) is 32.0 Å². The Morgan fingerprint density at radius 3 is 2.16 bits per heavy atom. The fourth-order valence-electron chi connectivity index (χ4n) is 4.53. The van der Waals surface area contributed by atoms with E-state index in [1.165, 1.54) is 18.1 Å². The van der Waals surface area contributed by atoms with Crippen LogP contribution in [0.1, 0.15) is 58.6 Å². The zero-order valence-corrected chi connectivity index (χ0v) is 21.3. The van der Waals surface area contributed by atoms with Crippen LogP contribution >= 0.6 is 0 Å². The van der Waals surface area contributed by atoms with Gasteiger partial charge in [0.25, 0.3) is 5.91 Å². The number of rotatable bonds is 11. The monoisotopic (exact) mass is 496 g/mol. The lowest BCUT2D eigenvalue weighted by Crippen LogP contribution is -2.34. The molecule has 0 aliphatic heterocycles. The summed E-state index contributed by atoms with van der Waals surface area (Å²) in [6.45, 7) is 4.32. The summed E-state index contributed by atoms with van der Waals surface area (Å²) in [5, 5.41) is 3.97. The number of amides is 1. The summed E-state index contributed by atoms with van der Waals surface area (Å²) >= 11 is 0. The van der Waals surface area contributed by atoms with Gasteiger partial charge in [-0.15, -0.1) is 0 Å². The summed E-state index contributed by atoms with van der Waals surface area (Å²) in [5.74, 6) is 0.826. The molecular weight excluding hydrogens is 464 g/mol. The third-order valence-electron chi connectivity index (χ3n) is 6.28. The predicted octanol–water partition coefficient (Wildman–Crippen LogP) is 6.21. The van der Waals surface area contributed by atoms with E-state index in [-0.39, 0.29) is 17.8 Å². The molecule has 0 bridgehead atoms. The van der Waals surface area contributed by atoms with E-state index in [0.29, 0.717) is 30.3 Å². The van der Waals surface area contributed by atoms with E-state index in [1.54, 1.807) is 19.1 Å². The molecule has 6 heteroatoms. The van der Waals surface area contributed by atoms with Gasteiger partial charge in [0.1, 0.15) is 11.5 Å². The van der Waals surface area contributed by atoms with Crippen molar-refractivity contribution in [1.29, 1.82) is 0 Å². The number of aromatic nitrogens is 1. The Bertz CT molecular complexity index is 1260. The lowest BCUT2D eigenvalue weighted by molar-refractivity contribution is -0.131. The first kappa shape index (κ1) is 25.9. The minimum Gasteiger partial charge on any atom is -0.427 e. The van der Waals surface area contributed by atoms with Crippen LogP contribution in [0.5, 0.6) is 5.75 Å². The van der Waals surface area contributed by atoms with E-state index in [1.807, 2.05) is 35.2 Å². The first-order chi connectivity index (χ1) is 18.0. The average Bonchev–Trinajstić information content (AvgIpc) is 3.35. The van der Waals surface area contributed by atoms with Crippen LogP contribution in [-0.4, -0.2) is 35.0 Å². The first-order valence-corrected chi connectivity index (χ1v) is 12.6. The summed E-state index contributed by atoms with van der Waals surface area (Å²) in [5.41, 5.74) is 3.82. The topological polar surface area (TPSA) is 72.6 Å². The van der Waals surface area contributed by atoms with Gasteiger partial charge in [-0.05, 0) is 55.0 Å². The summed E-state index contributed by atoms with van der Waals surface area (Å²) in [4.78, 5) is 26.6. The quantitative estimate of drug-likeness (QED) is 0.182. The second-order valence-electron chi connectivity index (χ2n) is 9.12. The number of carbonyl (C=O) groups excluding carboxylic acids is 2. The van der Waals surface area contributed by atoms with Gasteiger partial charge in [-0.25, -0.2) is 0 Å². The van der Waals surface area contributed by atoms with Crippen LogP contribution in [0.2, 0.25) is 0 Å². The first-order valence-electron chi connectivity index (χ1n) is 12.6. The highest BCUT2D eigenvalue weighted by Crippen LogP contribution is 2.28. The molecule has 0 unspecified atom stereocenters. The molecule has 37 heavy (non-hydrogen) atoms. The number of hydrogen-bond acceptors (Lipinski definition) is 5. The van der Waals surface area contributed by atoms with Gasteiger partial charge in [0.2, 0.25) is 0 Å². The lowest BCUT2D eigenvalue weighted by Gasteiger charge is -2.25. The van der Waals surface area contributed by atoms with Crippen molar-refractivity contribution < 1.29 is 18.8 Å². The van der Waals surface area contributed by atoms with E-state index < -0.39 is 0 Å². The van der Waals surface area contributed by atoms with E-state index in [9.17, 15) is 9.59 Å². The molecule has 0 saturated carbocycles. The fraction of sp³-hybridized carbons (Fsp3) is 0.258. The number of esters is 1. The smallest absolute Gasteiger partial charge is 0.308 e. The Balaban J connectivity index is 1.48. The number of nitrogens with zero attached hydrogens (tertiary/aromatic N) is 2. The molecule has 1 amide bonds. The van der Waals surface area contributed by atoms with Crippen molar-refractivity contribution >= 4 is 11.9 Å². The van der Waals surface area contributed by atoms with Crippen molar-refractivity contribution in [2.75, 3.05) is 13.1 Å². The van der Waals surface area contributed by atoms with E-state index >= 15 is 0 Å².